The molecule has 0 aliphatic carbocycles. The lowest BCUT2D eigenvalue weighted by Crippen LogP contribution is -2.30. The van der Waals surface area contributed by atoms with Crippen LogP contribution in [0.2, 0.25) is 30.1 Å². The van der Waals surface area contributed by atoms with Crippen LogP contribution in [0.25, 0.3) is 0 Å². The second-order valence-electron chi connectivity index (χ2n) is 5.33. The number of thioether (sulfide) groups is 1. The summed E-state index contributed by atoms with van der Waals surface area (Å²) in [7, 11) is 0. The Morgan fingerprint density at radius 1 is 0.964 bits per heavy atom. The van der Waals surface area contributed by atoms with Gasteiger partial charge in [0.2, 0.25) is 0 Å². The Bertz CT molecular complexity index is 924. The fourth-order valence-corrected chi connectivity index (χ4v) is 3.98. The topological polar surface area (TPSA) is 55.4 Å². The minimum atomic E-state index is -1.07. The molecule has 4 nitrogen and oxygen atoms in total. The van der Waals surface area contributed by atoms with Gasteiger partial charge in [-0.15, -0.1) is 11.8 Å². The smallest absolute Gasteiger partial charge is 0.317 e. The first-order chi connectivity index (χ1) is 13.1. The van der Waals surface area contributed by atoms with Crippen molar-refractivity contribution in [3.63, 3.8) is 0 Å². The summed E-state index contributed by atoms with van der Waals surface area (Å²) >= 11 is 36.8. The highest BCUT2D eigenvalue weighted by atomic mass is 35.5. The van der Waals surface area contributed by atoms with E-state index in [1.165, 1.54) is 19.1 Å². The predicted molar refractivity (Wildman–Crippen MR) is 118 cm³/mol. The van der Waals surface area contributed by atoms with Gasteiger partial charge in [-0.05, 0) is 31.2 Å². The number of carbonyl (C=O) groups is 2. The van der Waals surface area contributed by atoms with Crippen LogP contribution in [0.4, 0.5) is 5.69 Å². The lowest BCUT2D eigenvalue weighted by Gasteiger charge is -2.15. The van der Waals surface area contributed by atoms with E-state index in [0.717, 1.165) is 11.8 Å². The largest absolute Gasteiger partial charge is 0.452 e. The van der Waals surface area contributed by atoms with Crippen molar-refractivity contribution >= 4 is 98.9 Å². The lowest BCUT2D eigenvalue weighted by atomic mass is 10.3. The summed E-state index contributed by atoms with van der Waals surface area (Å²) < 4.78 is 5.12. The third kappa shape index (κ3) is 6.23. The summed E-state index contributed by atoms with van der Waals surface area (Å²) in [6.07, 6.45) is -1.07. The van der Waals surface area contributed by atoms with Crippen LogP contribution in [0.15, 0.2) is 29.2 Å². The molecule has 1 unspecified atom stereocenters. The molecule has 0 aliphatic heterocycles. The van der Waals surface area contributed by atoms with Gasteiger partial charge >= 0.3 is 5.97 Å². The average molecular weight is 522 g/mol. The lowest BCUT2D eigenvalue weighted by molar-refractivity contribution is -0.150. The van der Waals surface area contributed by atoms with Gasteiger partial charge in [0.05, 0.1) is 41.6 Å². The van der Waals surface area contributed by atoms with Gasteiger partial charge in [0.1, 0.15) is 0 Å². The maximum absolute atomic E-state index is 12.2. The molecule has 1 atom stereocenters. The SMILES string of the molecule is CC(OC(=O)CSc1ccc(Cl)c(Cl)c1Cl)C(=O)Nc1cc(Cl)c(Cl)cc1Cl. The van der Waals surface area contributed by atoms with Crippen LogP contribution in [0.5, 0.6) is 0 Å². The zero-order chi connectivity index (χ0) is 21.0. The number of carbonyl (C=O) groups excluding carboxylic acids is 2. The van der Waals surface area contributed by atoms with E-state index in [4.69, 9.17) is 74.3 Å². The number of rotatable bonds is 6. The highest BCUT2D eigenvalue weighted by molar-refractivity contribution is 8.00. The highest BCUT2D eigenvalue weighted by Gasteiger charge is 2.20. The average Bonchev–Trinajstić information content (AvgIpc) is 2.63. The van der Waals surface area contributed by atoms with Crippen molar-refractivity contribution in [3.05, 3.63) is 54.4 Å². The zero-order valence-corrected chi connectivity index (χ0v) is 19.3. The first-order valence-corrected chi connectivity index (χ1v) is 10.8. The monoisotopic (exact) mass is 519 g/mol. The molecule has 2 aromatic rings. The third-order valence-electron chi connectivity index (χ3n) is 3.29. The van der Waals surface area contributed by atoms with Gasteiger partial charge in [-0.1, -0.05) is 69.6 Å². The van der Waals surface area contributed by atoms with E-state index in [9.17, 15) is 9.59 Å². The first kappa shape index (κ1) is 23.7. The summed E-state index contributed by atoms with van der Waals surface area (Å²) in [5.74, 6) is -1.27. The van der Waals surface area contributed by atoms with Crippen molar-refractivity contribution in [1.82, 2.24) is 0 Å². The standard InChI is InChI=1S/C17H11Cl6NO3S/c1-7(17(26)24-12-5-10(20)9(19)4-11(12)21)27-14(25)6-28-13-3-2-8(18)15(22)16(13)23/h2-5,7H,6H2,1H3,(H,24,26). The summed E-state index contributed by atoms with van der Waals surface area (Å²) in [6, 6.07) is 6.01. The van der Waals surface area contributed by atoms with E-state index in [1.54, 1.807) is 12.1 Å². The van der Waals surface area contributed by atoms with Crippen LogP contribution in [0.1, 0.15) is 6.92 Å². The Labute approximate surface area is 195 Å². The maximum atomic E-state index is 12.2. The highest BCUT2D eigenvalue weighted by Crippen LogP contribution is 2.37. The summed E-state index contributed by atoms with van der Waals surface area (Å²) in [6.45, 7) is 1.43. The number of esters is 1. The van der Waals surface area contributed by atoms with Crippen LogP contribution >= 0.6 is 81.4 Å². The molecule has 0 saturated heterocycles. The summed E-state index contributed by atoms with van der Waals surface area (Å²) in [5, 5.41) is 3.96. The van der Waals surface area contributed by atoms with Crippen LogP contribution in [-0.4, -0.2) is 23.7 Å². The van der Waals surface area contributed by atoms with Crippen LogP contribution in [0.3, 0.4) is 0 Å². The minimum Gasteiger partial charge on any atom is -0.452 e. The fraction of sp³-hybridized carbons (Fsp3) is 0.176. The fourth-order valence-electron chi connectivity index (χ4n) is 1.89. The molecule has 1 N–H and O–H groups in total. The Kier molecular flexibility index (Phi) is 8.89. The second kappa shape index (κ2) is 10.5. The van der Waals surface area contributed by atoms with Crippen molar-refractivity contribution in [3.8, 4) is 0 Å². The normalized spacial score (nSPS) is 11.8. The Hall–Kier alpha value is -0.530. The minimum absolute atomic E-state index is 0.0805. The van der Waals surface area contributed by atoms with E-state index in [-0.39, 0.29) is 36.6 Å². The van der Waals surface area contributed by atoms with Gasteiger partial charge in [0, 0.05) is 4.90 Å². The van der Waals surface area contributed by atoms with Crippen molar-refractivity contribution < 1.29 is 14.3 Å². The first-order valence-electron chi connectivity index (χ1n) is 7.51. The molecule has 28 heavy (non-hydrogen) atoms. The molecule has 0 fully saturated rings. The van der Waals surface area contributed by atoms with Crippen molar-refractivity contribution in [2.24, 2.45) is 0 Å². The predicted octanol–water partition coefficient (Wildman–Crippen LogP) is 7.27. The molecule has 0 aromatic heterocycles. The van der Waals surface area contributed by atoms with Gasteiger partial charge in [-0.2, -0.15) is 0 Å². The van der Waals surface area contributed by atoms with E-state index < -0.39 is 18.0 Å². The number of amides is 1. The molecule has 0 radical (unpaired) electrons. The van der Waals surface area contributed by atoms with Crippen molar-refractivity contribution in [2.45, 2.75) is 17.9 Å². The van der Waals surface area contributed by atoms with E-state index in [0.29, 0.717) is 9.92 Å². The van der Waals surface area contributed by atoms with Gasteiger partial charge in [0.25, 0.3) is 5.91 Å². The van der Waals surface area contributed by atoms with Crippen LogP contribution in [0, 0.1) is 0 Å². The Morgan fingerprint density at radius 3 is 2.29 bits per heavy atom. The Morgan fingerprint density at radius 2 is 1.61 bits per heavy atom. The number of anilines is 1. The van der Waals surface area contributed by atoms with E-state index >= 15 is 0 Å². The number of hydrogen-bond donors (Lipinski definition) is 1. The summed E-state index contributed by atoms with van der Waals surface area (Å²) in [4.78, 5) is 24.8. The molecule has 0 spiro atoms. The van der Waals surface area contributed by atoms with Gasteiger partial charge in [0.15, 0.2) is 6.10 Å². The molecule has 0 saturated carbocycles. The molecule has 0 heterocycles. The summed E-state index contributed by atoms with van der Waals surface area (Å²) in [5.41, 5.74) is 0.251. The van der Waals surface area contributed by atoms with Crippen LogP contribution in [-0.2, 0) is 14.3 Å². The van der Waals surface area contributed by atoms with Crippen molar-refractivity contribution in [2.75, 3.05) is 11.1 Å². The zero-order valence-electron chi connectivity index (χ0n) is 14.0. The number of hydrogen-bond acceptors (Lipinski definition) is 4. The van der Waals surface area contributed by atoms with Gasteiger partial charge in [-0.25, -0.2) is 0 Å². The van der Waals surface area contributed by atoms with Gasteiger partial charge < -0.3 is 10.1 Å². The maximum Gasteiger partial charge on any atom is 0.317 e. The molecule has 2 rings (SSSR count). The molecule has 0 aliphatic rings. The van der Waals surface area contributed by atoms with E-state index in [2.05, 4.69) is 5.32 Å². The van der Waals surface area contributed by atoms with E-state index in [1.807, 2.05) is 0 Å². The molecule has 2 aromatic carbocycles. The number of benzene rings is 2. The number of halogens is 6. The quantitative estimate of drug-likeness (QED) is 0.188. The third-order valence-corrected chi connectivity index (χ3v) is 6.76. The van der Waals surface area contributed by atoms with Crippen LogP contribution < -0.4 is 5.32 Å². The molecule has 0 bridgehead atoms. The van der Waals surface area contributed by atoms with Gasteiger partial charge in [-0.3, -0.25) is 9.59 Å². The molecule has 1 amide bonds. The second-order valence-corrected chi connectivity index (χ2v) is 8.73. The molecule has 150 valence electrons. The number of nitrogens with one attached hydrogen (secondary N) is 1. The number of ether oxygens (including phenoxy) is 1. The molecular formula is C17H11Cl6NO3S. The molecular weight excluding hydrogens is 511 g/mol. The Balaban J connectivity index is 1.92. The molecule has 11 heteroatoms. The van der Waals surface area contributed by atoms with Crippen molar-refractivity contribution in [1.29, 1.82) is 0 Å².